The van der Waals surface area contributed by atoms with E-state index in [2.05, 4.69) is 9.71 Å². The minimum atomic E-state index is -3.67. The molecule has 1 atom stereocenters. The van der Waals surface area contributed by atoms with Crippen LogP contribution in [0.25, 0.3) is 0 Å². The molecular weight excluding hydrogens is 519 g/mol. The number of anilines is 1. The maximum Gasteiger partial charge on any atom is 0.364 e. The number of aromatic nitrogens is 1. The number of likely N-dealkylation sites (N-methyl/N-ethyl adjacent to an activating group) is 1. The van der Waals surface area contributed by atoms with Crippen molar-refractivity contribution in [1.82, 2.24) is 9.88 Å². The van der Waals surface area contributed by atoms with Gasteiger partial charge in [0.1, 0.15) is 17.6 Å². The number of nitrogens with one attached hydrogen (secondary N) is 1. The summed E-state index contributed by atoms with van der Waals surface area (Å²) in [5.74, 6) is -1.94. The summed E-state index contributed by atoms with van der Waals surface area (Å²) < 4.78 is 72.6. The maximum atomic E-state index is 14.4. The lowest BCUT2D eigenvalue weighted by Gasteiger charge is -2.26. The standard InChI is InChI=1S/C24H29ClF3N3O4S/c1-15(16-9-11-20(19(26)13-16)30-36(3,33)34)23(32)31(2)14-17-10-12-21(24(25,27)28)29-22(17)35-18-7-5-4-6-8-18/h9-13,15,18,30H,4-8,14H2,1-3H3. The fraction of sp³-hybridized carbons (Fsp3) is 0.500. The molecule has 0 bridgehead atoms. The molecule has 3 rings (SSSR count). The van der Waals surface area contributed by atoms with E-state index in [1.807, 2.05) is 0 Å². The first kappa shape index (κ1) is 28.0. The number of rotatable bonds is 9. The summed E-state index contributed by atoms with van der Waals surface area (Å²) in [6, 6.07) is 6.32. The Hall–Kier alpha value is -2.53. The molecule has 1 N–H and O–H groups in total. The molecule has 1 aliphatic carbocycles. The van der Waals surface area contributed by atoms with Crippen molar-refractivity contribution in [2.75, 3.05) is 18.0 Å². The van der Waals surface area contributed by atoms with E-state index in [0.29, 0.717) is 11.1 Å². The van der Waals surface area contributed by atoms with Gasteiger partial charge in [-0.05, 0) is 74.0 Å². The van der Waals surface area contributed by atoms with Crippen LogP contribution in [0.5, 0.6) is 5.88 Å². The largest absolute Gasteiger partial charge is 0.474 e. The number of pyridine rings is 1. The van der Waals surface area contributed by atoms with Crippen LogP contribution >= 0.6 is 11.6 Å². The van der Waals surface area contributed by atoms with Gasteiger partial charge in [0.2, 0.25) is 21.8 Å². The van der Waals surface area contributed by atoms with Gasteiger partial charge in [-0.15, -0.1) is 0 Å². The van der Waals surface area contributed by atoms with Crippen molar-refractivity contribution in [3.8, 4) is 5.88 Å². The molecule has 1 aromatic carbocycles. The van der Waals surface area contributed by atoms with Crippen LogP contribution in [0.4, 0.5) is 18.9 Å². The molecular formula is C24H29ClF3N3O4S. The van der Waals surface area contributed by atoms with Gasteiger partial charge in [0.05, 0.1) is 24.4 Å². The summed E-state index contributed by atoms with van der Waals surface area (Å²) in [6.07, 6.45) is 5.33. The Morgan fingerprint density at radius 3 is 2.50 bits per heavy atom. The summed E-state index contributed by atoms with van der Waals surface area (Å²) in [5.41, 5.74) is -0.0788. The third kappa shape index (κ3) is 7.49. The first-order valence-electron chi connectivity index (χ1n) is 11.5. The summed E-state index contributed by atoms with van der Waals surface area (Å²) in [5, 5.41) is -3.67. The average Bonchev–Trinajstić information content (AvgIpc) is 2.79. The van der Waals surface area contributed by atoms with E-state index in [1.165, 1.54) is 30.1 Å². The van der Waals surface area contributed by atoms with Crippen molar-refractivity contribution in [1.29, 1.82) is 0 Å². The van der Waals surface area contributed by atoms with Gasteiger partial charge in [-0.25, -0.2) is 17.8 Å². The van der Waals surface area contributed by atoms with Crippen LogP contribution in [0, 0.1) is 5.82 Å². The van der Waals surface area contributed by atoms with Gasteiger partial charge in [-0.1, -0.05) is 12.5 Å². The Kier molecular flexibility index (Phi) is 8.76. The number of hydrogen-bond donors (Lipinski definition) is 1. The van der Waals surface area contributed by atoms with E-state index >= 15 is 0 Å². The second-order valence-electron chi connectivity index (χ2n) is 9.07. The highest BCUT2D eigenvalue weighted by atomic mass is 35.5. The second-order valence-corrected chi connectivity index (χ2v) is 11.3. The molecule has 2 aromatic rings. The van der Waals surface area contributed by atoms with Crippen molar-refractivity contribution >= 4 is 33.2 Å². The summed E-state index contributed by atoms with van der Waals surface area (Å²) in [4.78, 5) is 18.4. The highest BCUT2D eigenvalue weighted by Crippen LogP contribution is 2.34. The number of sulfonamides is 1. The van der Waals surface area contributed by atoms with Gasteiger partial charge < -0.3 is 9.64 Å². The number of amides is 1. The number of ether oxygens (including phenoxy) is 1. The lowest BCUT2D eigenvalue weighted by Crippen LogP contribution is -2.31. The Morgan fingerprint density at radius 1 is 1.25 bits per heavy atom. The molecule has 1 fully saturated rings. The summed E-state index contributed by atoms with van der Waals surface area (Å²) >= 11 is 5.17. The quantitative estimate of drug-likeness (QED) is 0.427. The van der Waals surface area contributed by atoms with E-state index in [1.54, 1.807) is 6.92 Å². The Bertz CT molecular complexity index is 1200. The molecule has 0 aliphatic heterocycles. The molecule has 1 aromatic heterocycles. The molecule has 1 aliphatic rings. The fourth-order valence-corrected chi connectivity index (χ4v) is 4.75. The van der Waals surface area contributed by atoms with E-state index in [0.717, 1.165) is 50.5 Å². The minimum absolute atomic E-state index is 0.00859. The minimum Gasteiger partial charge on any atom is -0.474 e. The molecule has 12 heteroatoms. The summed E-state index contributed by atoms with van der Waals surface area (Å²) in [6.45, 7) is 1.61. The normalized spacial score (nSPS) is 15.9. The molecule has 0 saturated heterocycles. The van der Waals surface area contributed by atoms with E-state index in [4.69, 9.17) is 16.3 Å². The molecule has 36 heavy (non-hydrogen) atoms. The molecule has 1 heterocycles. The highest BCUT2D eigenvalue weighted by molar-refractivity contribution is 7.92. The Balaban J connectivity index is 1.79. The SMILES string of the molecule is CC(C(=O)N(C)Cc1ccc(C(F)(F)Cl)nc1OC1CCCCC1)c1ccc(NS(C)(=O)=O)c(F)c1. The number of carbonyl (C=O) groups is 1. The van der Waals surface area contributed by atoms with Crippen molar-refractivity contribution in [2.24, 2.45) is 0 Å². The Morgan fingerprint density at radius 2 is 1.92 bits per heavy atom. The number of benzene rings is 1. The predicted octanol–water partition coefficient (Wildman–Crippen LogP) is 5.35. The lowest BCUT2D eigenvalue weighted by molar-refractivity contribution is -0.131. The molecule has 0 spiro atoms. The van der Waals surface area contributed by atoms with Crippen LogP contribution in [0.2, 0.25) is 0 Å². The zero-order valence-corrected chi connectivity index (χ0v) is 21.8. The number of hydrogen-bond acceptors (Lipinski definition) is 5. The van der Waals surface area contributed by atoms with Crippen LogP contribution in [-0.4, -0.2) is 43.6 Å². The second kappa shape index (κ2) is 11.2. The smallest absolute Gasteiger partial charge is 0.364 e. The third-order valence-corrected chi connectivity index (χ3v) is 6.79. The third-order valence-electron chi connectivity index (χ3n) is 6.00. The topological polar surface area (TPSA) is 88.6 Å². The van der Waals surface area contributed by atoms with Crippen molar-refractivity contribution in [2.45, 2.75) is 63.0 Å². The molecule has 1 amide bonds. The highest BCUT2D eigenvalue weighted by Gasteiger charge is 2.32. The molecule has 1 unspecified atom stereocenters. The lowest BCUT2D eigenvalue weighted by atomic mass is 9.98. The Labute approximate surface area is 214 Å². The van der Waals surface area contributed by atoms with Crippen LogP contribution in [0.3, 0.4) is 0 Å². The van der Waals surface area contributed by atoms with Crippen LogP contribution in [0.15, 0.2) is 30.3 Å². The number of nitrogens with zero attached hydrogens (tertiary/aromatic N) is 2. The van der Waals surface area contributed by atoms with Crippen molar-refractivity contribution in [3.63, 3.8) is 0 Å². The fourth-order valence-electron chi connectivity index (χ4n) is 4.08. The molecule has 0 radical (unpaired) electrons. The molecule has 198 valence electrons. The van der Waals surface area contributed by atoms with Gasteiger partial charge in [0, 0.05) is 12.6 Å². The number of halogens is 4. The van der Waals surface area contributed by atoms with Crippen molar-refractivity contribution < 1.29 is 31.1 Å². The number of carbonyl (C=O) groups excluding carboxylic acids is 1. The van der Waals surface area contributed by atoms with Gasteiger partial charge in [0.15, 0.2) is 0 Å². The van der Waals surface area contributed by atoms with Gasteiger partial charge >= 0.3 is 5.38 Å². The van der Waals surface area contributed by atoms with Gasteiger partial charge in [-0.2, -0.15) is 8.78 Å². The molecule has 7 nitrogen and oxygen atoms in total. The van der Waals surface area contributed by atoms with Crippen LogP contribution < -0.4 is 9.46 Å². The van der Waals surface area contributed by atoms with E-state index in [9.17, 15) is 26.4 Å². The van der Waals surface area contributed by atoms with Crippen LogP contribution in [0.1, 0.15) is 61.8 Å². The zero-order chi connectivity index (χ0) is 26.7. The van der Waals surface area contributed by atoms with Gasteiger partial charge in [0.25, 0.3) is 0 Å². The van der Waals surface area contributed by atoms with Crippen molar-refractivity contribution in [3.05, 3.63) is 53.0 Å². The average molecular weight is 548 g/mol. The molecule has 1 saturated carbocycles. The summed E-state index contributed by atoms with van der Waals surface area (Å²) in [7, 11) is -2.13. The first-order valence-corrected chi connectivity index (χ1v) is 13.8. The van der Waals surface area contributed by atoms with E-state index < -0.39 is 32.8 Å². The maximum absolute atomic E-state index is 14.4. The van der Waals surface area contributed by atoms with E-state index in [-0.39, 0.29) is 30.1 Å². The predicted molar refractivity (Wildman–Crippen MR) is 131 cm³/mol. The van der Waals surface area contributed by atoms with Gasteiger partial charge in [-0.3, -0.25) is 9.52 Å². The zero-order valence-electron chi connectivity index (χ0n) is 20.2. The monoisotopic (exact) mass is 547 g/mol. The number of alkyl halides is 3. The first-order chi connectivity index (χ1) is 16.7. The van der Waals surface area contributed by atoms with Crippen LogP contribution in [-0.2, 0) is 26.7 Å².